The van der Waals surface area contributed by atoms with Gasteiger partial charge < -0.3 is 0 Å². The minimum Gasteiger partial charge on any atom is -0.257 e. The second kappa shape index (κ2) is 8.28. The fraction of sp³-hybridized carbons (Fsp3) is 0.500. The van der Waals surface area contributed by atoms with Gasteiger partial charge in [-0.25, -0.2) is 0 Å². The van der Waals surface area contributed by atoms with E-state index in [1.807, 2.05) is 0 Å². The minimum atomic E-state index is -1.26. The Hall–Kier alpha value is -0.570. The van der Waals surface area contributed by atoms with Gasteiger partial charge in [0, 0.05) is 5.82 Å². The quantitative estimate of drug-likeness (QED) is 0.269. The van der Waals surface area contributed by atoms with E-state index in [0.717, 1.165) is 34.9 Å². The first-order valence-corrected chi connectivity index (χ1v) is 15.2. The molecule has 148 valence electrons. The van der Waals surface area contributed by atoms with Gasteiger partial charge in [-0.1, -0.05) is 30.3 Å². The van der Waals surface area contributed by atoms with Crippen LogP contribution in [-0.2, 0) is 0 Å². The van der Waals surface area contributed by atoms with E-state index in [0.29, 0.717) is 0 Å². The van der Waals surface area contributed by atoms with Crippen molar-refractivity contribution < 1.29 is 0 Å². The van der Waals surface area contributed by atoms with Crippen molar-refractivity contribution in [3.8, 4) is 0 Å². The van der Waals surface area contributed by atoms with Crippen LogP contribution in [0.4, 0.5) is 0 Å². The number of hydrogen-bond donors (Lipinski definition) is 0. The summed E-state index contributed by atoms with van der Waals surface area (Å²) in [6.07, 6.45) is 13.2. The van der Waals surface area contributed by atoms with E-state index in [2.05, 4.69) is 116 Å². The molecule has 0 aromatic heterocycles. The fourth-order valence-corrected chi connectivity index (χ4v) is 29.4. The number of rotatable bonds is 6. The molecular weight excluding hydrogens is 372 g/mol. The average molecular weight is 410 g/mol. The Balaban J connectivity index is 2.31. The SMILES string of the molecule is CC(C)[P+]1(C(C)C)[B-](c2ccccc2)[P+](C(C)C)(C(C)C)[B-]1[C+]1C=C[CH+]C=C1. The highest BCUT2D eigenvalue weighted by Crippen LogP contribution is 3.01. The highest BCUT2D eigenvalue weighted by molar-refractivity contribution is 8.73. The van der Waals surface area contributed by atoms with Gasteiger partial charge in [0.2, 0.25) is 6.15 Å². The highest BCUT2D eigenvalue weighted by Gasteiger charge is 2.75. The topological polar surface area (TPSA) is 0 Å². The second-order valence-corrected chi connectivity index (χ2v) is 20.3. The molecule has 0 amide bonds. The molecule has 0 N–H and O–H groups in total. The molecule has 4 heteroatoms. The van der Waals surface area contributed by atoms with Crippen molar-refractivity contribution in [2.75, 3.05) is 0 Å². The van der Waals surface area contributed by atoms with E-state index in [9.17, 15) is 0 Å². The molecule has 2 radical (unpaired) electrons. The van der Waals surface area contributed by atoms with Crippen LogP contribution in [0, 0.1) is 12.2 Å². The van der Waals surface area contributed by atoms with E-state index in [4.69, 9.17) is 0 Å². The van der Waals surface area contributed by atoms with Crippen molar-refractivity contribution in [1.82, 2.24) is 0 Å². The zero-order valence-electron chi connectivity index (χ0n) is 19.1. The zero-order chi connectivity index (χ0) is 20.7. The molecule has 3 rings (SSSR count). The van der Waals surface area contributed by atoms with Gasteiger partial charge in [-0.3, -0.25) is 14.0 Å². The average Bonchev–Trinajstić information content (AvgIpc) is 2.62. The number of hydrogen-bond acceptors (Lipinski definition) is 0. The Morgan fingerprint density at radius 1 is 0.714 bits per heavy atom. The predicted molar refractivity (Wildman–Crippen MR) is 138 cm³/mol. The van der Waals surface area contributed by atoms with Crippen LogP contribution in [0.2, 0.25) is 0 Å². The lowest BCUT2D eigenvalue weighted by atomic mass is 9.79. The van der Waals surface area contributed by atoms with Crippen LogP contribution in [0.1, 0.15) is 55.4 Å². The maximum Gasteiger partial charge on any atom is 0.317 e. The fourth-order valence-electron chi connectivity index (χ4n) is 6.63. The third-order valence-corrected chi connectivity index (χ3v) is 24.0. The Bertz CT molecular complexity index is 665. The standard InChI is InChI=1S/C24H38B2P2/c1-19(2)27(20(3)4)25(23-15-11-9-12-16-23)28(21(5)6,22(7)8)26(27)24-17-13-10-14-18-24/h9-22H,1-8H3/q+2. The Labute approximate surface area is 176 Å². The van der Waals surface area contributed by atoms with Gasteiger partial charge in [0.1, 0.15) is 30.7 Å². The predicted octanol–water partition coefficient (Wildman–Crippen LogP) is 7.00. The molecule has 1 aromatic carbocycles. The van der Waals surface area contributed by atoms with Crippen LogP contribution in [-0.4, -0.2) is 34.9 Å². The highest BCUT2D eigenvalue weighted by atomic mass is 31.3. The smallest absolute Gasteiger partial charge is 0.257 e. The van der Waals surface area contributed by atoms with Crippen LogP contribution in [0.3, 0.4) is 0 Å². The summed E-state index contributed by atoms with van der Waals surface area (Å²) in [5, 5.41) is 0. The molecule has 1 aliphatic carbocycles. The van der Waals surface area contributed by atoms with Crippen molar-refractivity contribution in [3.05, 3.63) is 66.9 Å². The van der Waals surface area contributed by atoms with Gasteiger partial charge >= 0.3 is 6.15 Å². The third kappa shape index (κ3) is 2.97. The summed E-state index contributed by atoms with van der Waals surface area (Å²) in [5.41, 5.74) is 4.67. The Morgan fingerprint density at radius 3 is 1.54 bits per heavy atom. The van der Waals surface area contributed by atoms with Crippen molar-refractivity contribution in [3.63, 3.8) is 0 Å². The molecule has 0 atom stereocenters. The summed E-state index contributed by atoms with van der Waals surface area (Å²) in [6.45, 7) is 20.3. The summed E-state index contributed by atoms with van der Waals surface area (Å²) in [7, 11) is -2.52. The minimum absolute atomic E-state index is 0.758. The van der Waals surface area contributed by atoms with Crippen molar-refractivity contribution in [2.24, 2.45) is 0 Å². The maximum atomic E-state index is 2.54. The molecule has 0 saturated carbocycles. The molecule has 1 saturated heterocycles. The van der Waals surface area contributed by atoms with Crippen molar-refractivity contribution >= 4 is 31.8 Å². The number of benzene rings is 1. The lowest BCUT2D eigenvalue weighted by Gasteiger charge is -2.78. The number of allylic oxidation sites excluding steroid dienone is 4. The lowest BCUT2D eigenvalue weighted by molar-refractivity contribution is 1.000. The van der Waals surface area contributed by atoms with E-state index in [1.165, 1.54) is 0 Å². The van der Waals surface area contributed by atoms with E-state index in [-0.39, 0.29) is 0 Å². The van der Waals surface area contributed by atoms with Crippen LogP contribution < -0.4 is 5.46 Å². The van der Waals surface area contributed by atoms with Crippen molar-refractivity contribution in [1.29, 1.82) is 0 Å². The molecule has 0 unspecified atom stereocenters. The molecule has 28 heavy (non-hydrogen) atoms. The first kappa shape index (κ1) is 22.1. The molecule has 0 spiro atoms. The summed E-state index contributed by atoms with van der Waals surface area (Å²) < 4.78 is 0. The molecule has 1 fully saturated rings. The van der Waals surface area contributed by atoms with Gasteiger partial charge in [0.15, 0.2) is 0 Å². The van der Waals surface area contributed by atoms with E-state index in [1.54, 1.807) is 11.3 Å². The molecule has 1 aromatic rings. The maximum absolute atomic E-state index is 2.54. The normalized spacial score (nSPS) is 21.6. The summed E-state index contributed by atoms with van der Waals surface area (Å²) in [6, 6.07) is 11.6. The van der Waals surface area contributed by atoms with Gasteiger partial charge in [-0.05, 0) is 78.0 Å². The summed E-state index contributed by atoms with van der Waals surface area (Å²) in [4.78, 5) is 0. The first-order chi connectivity index (χ1) is 13.2. The Morgan fingerprint density at radius 2 is 1.14 bits per heavy atom. The Kier molecular flexibility index (Phi) is 6.54. The van der Waals surface area contributed by atoms with Gasteiger partial charge in [0.25, 0.3) is 0 Å². The van der Waals surface area contributed by atoms with Crippen LogP contribution in [0.5, 0.6) is 0 Å². The third-order valence-electron chi connectivity index (χ3n) is 7.47. The zero-order valence-corrected chi connectivity index (χ0v) is 20.9. The largest absolute Gasteiger partial charge is 0.317 e. The van der Waals surface area contributed by atoms with Gasteiger partial charge in [0.05, 0.1) is 0 Å². The second-order valence-electron chi connectivity index (χ2n) is 9.73. The summed E-state index contributed by atoms with van der Waals surface area (Å²) >= 11 is 0. The van der Waals surface area contributed by atoms with Crippen LogP contribution in [0.25, 0.3) is 0 Å². The molecule has 0 bridgehead atoms. The summed E-state index contributed by atoms with van der Waals surface area (Å²) in [5.74, 6) is 1.64. The van der Waals surface area contributed by atoms with Crippen LogP contribution in [0.15, 0.2) is 54.6 Å². The monoisotopic (exact) mass is 410 g/mol. The van der Waals surface area contributed by atoms with Crippen molar-refractivity contribution in [2.45, 2.75) is 78.0 Å². The molecule has 1 heterocycles. The molecule has 1 aliphatic heterocycles. The van der Waals surface area contributed by atoms with Crippen LogP contribution >= 0.6 is 14.0 Å². The van der Waals surface area contributed by atoms with E-state index < -0.39 is 14.0 Å². The lowest BCUT2D eigenvalue weighted by Crippen LogP contribution is -2.65. The van der Waals surface area contributed by atoms with Gasteiger partial charge in [-0.15, -0.1) is 0 Å². The van der Waals surface area contributed by atoms with E-state index >= 15 is 0 Å². The molecule has 0 nitrogen and oxygen atoms in total. The first-order valence-electron chi connectivity index (χ1n) is 11.1. The molecular formula is C24H38B2P2+2. The molecule has 2 aliphatic rings. The van der Waals surface area contributed by atoms with Gasteiger partial charge in [-0.2, -0.15) is 5.46 Å².